The van der Waals surface area contributed by atoms with Crippen molar-refractivity contribution in [2.45, 2.75) is 0 Å². The second-order valence-corrected chi connectivity index (χ2v) is 6.37. The number of H-pyrrole nitrogens is 2. The molecule has 27 heavy (non-hydrogen) atoms. The van der Waals surface area contributed by atoms with Gasteiger partial charge in [-0.15, -0.1) is 0 Å². The van der Waals surface area contributed by atoms with Crippen molar-refractivity contribution in [2.75, 3.05) is 0 Å². The highest BCUT2D eigenvalue weighted by molar-refractivity contribution is 7.71. The van der Waals surface area contributed by atoms with E-state index in [2.05, 4.69) is 25.5 Å². The molecule has 0 aliphatic rings. The van der Waals surface area contributed by atoms with Crippen LogP contribution in [0.25, 0.3) is 22.8 Å². The third-order valence-electron chi connectivity index (χ3n) is 3.84. The van der Waals surface area contributed by atoms with Crippen LogP contribution in [0.3, 0.4) is 0 Å². The summed E-state index contributed by atoms with van der Waals surface area (Å²) < 4.78 is 15.6. The summed E-state index contributed by atoms with van der Waals surface area (Å²) in [6.45, 7) is 0. The molecule has 2 aromatic carbocycles. The average Bonchev–Trinajstić information content (AvgIpc) is 3.29. The molecule has 9 heteroatoms. The third-order valence-corrected chi connectivity index (χ3v) is 4.43. The number of halogens is 2. The summed E-state index contributed by atoms with van der Waals surface area (Å²) in [7, 11) is 0. The van der Waals surface area contributed by atoms with Gasteiger partial charge in [0, 0.05) is 11.1 Å². The van der Waals surface area contributed by atoms with Gasteiger partial charge in [0.15, 0.2) is 0 Å². The van der Waals surface area contributed by atoms with Crippen LogP contribution in [0.15, 0.2) is 59.7 Å². The second kappa shape index (κ2) is 7.26. The Labute approximate surface area is 163 Å². The van der Waals surface area contributed by atoms with E-state index in [0.29, 0.717) is 11.5 Å². The van der Waals surface area contributed by atoms with Gasteiger partial charge < -0.3 is 0 Å². The van der Waals surface area contributed by atoms with Crippen molar-refractivity contribution in [3.05, 3.63) is 75.8 Å². The van der Waals surface area contributed by atoms with Crippen molar-refractivity contribution >= 4 is 30.0 Å². The van der Waals surface area contributed by atoms with Crippen LogP contribution < -0.4 is 0 Å². The summed E-state index contributed by atoms with van der Waals surface area (Å²) in [5.41, 5.74) is 2.50. The molecule has 2 aromatic heterocycles. The quantitative estimate of drug-likeness (QED) is 0.387. The predicted octanol–water partition coefficient (Wildman–Crippen LogP) is 4.67. The molecule has 0 amide bonds. The van der Waals surface area contributed by atoms with Crippen LogP contribution in [0.4, 0.5) is 4.39 Å². The fourth-order valence-corrected chi connectivity index (χ4v) is 2.91. The molecule has 0 saturated carbocycles. The van der Waals surface area contributed by atoms with Gasteiger partial charge in [-0.05, 0) is 30.4 Å². The van der Waals surface area contributed by atoms with Crippen LogP contribution >= 0.6 is 23.8 Å². The fourth-order valence-electron chi connectivity index (χ4n) is 2.52. The van der Waals surface area contributed by atoms with Crippen LogP contribution in [0, 0.1) is 10.6 Å². The highest BCUT2D eigenvalue weighted by Crippen LogP contribution is 2.23. The summed E-state index contributed by atoms with van der Waals surface area (Å²) >= 11 is 11.3. The zero-order valence-electron chi connectivity index (χ0n) is 13.7. The molecular weight excluding hydrogens is 387 g/mol. The Balaban J connectivity index is 1.72. The molecule has 134 valence electrons. The van der Waals surface area contributed by atoms with Crippen molar-refractivity contribution in [3.8, 4) is 22.8 Å². The first kappa shape index (κ1) is 17.3. The largest absolute Gasteiger partial charge is 0.274 e. The van der Waals surface area contributed by atoms with Crippen LogP contribution in [-0.2, 0) is 0 Å². The predicted molar refractivity (Wildman–Crippen MR) is 105 cm³/mol. The topological polar surface area (TPSA) is 74.7 Å². The number of nitrogens with one attached hydrogen (secondary N) is 2. The Morgan fingerprint density at radius 1 is 1.07 bits per heavy atom. The Morgan fingerprint density at radius 3 is 2.67 bits per heavy atom. The summed E-state index contributed by atoms with van der Waals surface area (Å²) in [5.74, 6) is -0.0610. The fraction of sp³-hybridized carbons (Fsp3) is 0. The maximum atomic E-state index is 13.9. The third kappa shape index (κ3) is 3.44. The molecule has 2 N–H and O–H groups in total. The number of nitrogens with zero attached hydrogens (tertiary/aromatic N) is 4. The van der Waals surface area contributed by atoms with Gasteiger partial charge in [-0.1, -0.05) is 48.0 Å². The highest BCUT2D eigenvalue weighted by atomic mass is 35.5. The van der Waals surface area contributed by atoms with E-state index < -0.39 is 5.82 Å². The average molecular weight is 399 g/mol. The minimum Gasteiger partial charge on any atom is -0.274 e. The first-order valence-electron chi connectivity index (χ1n) is 7.90. The maximum absolute atomic E-state index is 13.9. The standard InChI is InChI=1S/C18H12ClFN6S/c19-13-7-4-8-14(20)12(13)10-21-26-17(24-25-18(26)27)16-9-15(22-23-16)11-5-2-1-3-6-11/h1-10H,(H,22,23)(H,25,27)/b21-10+. The molecule has 0 radical (unpaired) electrons. The van der Waals surface area contributed by atoms with Crippen molar-refractivity contribution in [1.82, 2.24) is 25.1 Å². The first-order chi connectivity index (χ1) is 13.1. The number of aromatic amines is 2. The van der Waals surface area contributed by atoms with E-state index in [1.165, 1.54) is 23.0 Å². The number of aromatic nitrogens is 5. The normalized spacial score (nSPS) is 11.3. The van der Waals surface area contributed by atoms with E-state index in [-0.39, 0.29) is 15.4 Å². The van der Waals surface area contributed by atoms with Gasteiger partial charge in [-0.3, -0.25) is 5.10 Å². The lowest BCUT2D eigenvalue weighted by molar-refractivity contribution is 0.625. The minimum atomic E-state index is -0.476. The van der Waals surface area contributed by atoms with Gasteiger partial charge in [-0.25, -0.2) is 9.49 Å². The molecule has 4 rings (SSSR count). The summed E-state index contributed by atoms with van der Waals surface area (Å²) in [6.07, 6.45) is 1.31. The Kier molecular flexibility index (Phi) is 4.66. The van der Waals surface area contributed by atoms with Crippen LogP contribution in [-0.4, -0.2) is 31.3 Å². The second-order valence-electron chi connectivity index (χ2n) is 5.58. The highest BCUT2D eigenvalue weighted by Gasteiger charge is 2.13. The van der Waals surface area contributed by atoms with Gasteiger partial charge in [0.25, 0.3) is 0 Å². The lowest BCUT2D eigenvalue weighted by Gasteiger charge is -2.00. The van der Waals surface area contributed by atoms with E-state index in [1.807, 2.05) is 36.4 Å². The molecular formula is C18H12ClFN6S. The zero-order valence-corrected chi connectivity index (χ0v) is 15.3. The van der Waals surface area contributed by atoms with E-state index in [0.717, 1.165) is 11.3 Å². The van der Waals surface area contributed by atoms with E-state index in [1.54, 1.807) is 6.07 Å². The van der Waals surface area contributed by atoms with E-state index in [9.17, 15) is 4.39 Å². The number of benzene rings is 2. The molecule has 0 aliphatic heterocycles. The van der Waals surface area contributed by atoms with Gasteiger partial charge in [0.05, 0.1) is 16.9 Å². The Bertz CT molecular complexity index is 1160. The summed E-state index contributed by atoms with van der Waals surface area (Å²) in [6, 6.07) is 16.0. The first-order valence-corrected chi connectivity index (χ1v) is 8.69. The molecule has 0 aliphatic carbocycles. The lowest BCUT2D eigenvalue weighted by Crippen LogP contribution is -1.97. The molecule has 4 aromatic rings. The zero-order chi connectivity index (χ0) is 18.8. The number of hydrogen-bond acceptors (Lipinski definition) is 4. The SMILES string of the molecule is Fc1cccc(Cl)c1/C=N/n1c(-c2cc(-c3ccccc3)n[nH]2)n[nH]c1=S. The van der Waals surface area contributed by atoms with Gasteiger partial charge in [0.2, 0.25) is 10.6 Å². The molecule has 2 heterocycles. The number of rotatable bonds is 4. The van der Waals surface area contributed by atoms with Crippen molar-refractivity contribution in [1.29, 1.82) is 0 Å². The van der Waals surface area contributed by atoms with Gasteiger partial charge in [0.1, 0.15) is 11.5 Å². The van der Waals surface area contributed by atoms with Crippen LogP contribution in [0.5, 0.6) is 0 Å². The van der Waals surface area contributed by atoms with Crippen molar-refractivity contribution in [3.63, 3.8) is 0 Å². The van der Waals surface area contributed by atoms with E-state index >= 15 is 0 Å². The van der Waals surface area contributed by atoms with Gasteiger partial charge >= 0.3 is 0 Å². The molecule has 0 unspecified atom stereocenters. The lowest BCUT2D eigenvalue weighted by atomic mass is 10.1. The smallest absolute Gasteiger partial charge is 0.216 e. The summed E-state index contributed by atoms with van der Waals surface area (Å²) in [5, 5.41) is 18.6. The monoisotopic (exact) mass is 398 g/mol. The Hall–Kier alpha value is -3.10. The molecule has 0 bridgehead atoms. The summed E-state index contributed by atoms with van der Waals surface area (Å²) in [4.78, 5) is 0. The van der Waals surface area contributed by atoms with Crippen molar-refractivity contribution < 1.29 is 4.39 Å². The Morgan fingerprint density at radius 2 is 1.89 bits per heavy atom. The molecule has 0 atom stereocenters. The maximum Gasteiger partial charge on any atom is 0.216 e. The van der Waals surface area contributed by atoms with Crippen molar-refractivity contribution in [2.24, 2.45) is 5.10 Å². The van der Waals surface area contributed by atoms with Gasteiger partial charge in [-0.2, -0.15) is 20.0 Å². The van der Waals surface area contributed by atoms with E-state index in [4.69, 9.17) is 23.8 Å². The molecule has 0 saturated heterocycles. The minimum absolute atomic E-state index is 0.169. The molecule has 0 spiro atoms. The molecule has 0 fully saturated rings. The number of hydrogen-bond donors (Lipinski definition) is 2. The van der Waals surface area contributed by atoms with Crippen LogP contribution in [0.1, 0.15) is 5.56 Å². The molecule has 6 nitrogen and oxygen atoms in total. The van der Waals surface area contributed by atoms with Crippen LogP contribution in [0.2, 0.25) is 5.02 Å².